The fourth-order valence-corrected chi connectivity index (χ4v) is 4.37. The molecule has 0 radical (unpaired) electrons. The van der Waals surface area contributed by atoms with Gasteiger partial charge in [-0.3, -0.25) is 4.99 Å². The number of hydrogen-bond donors (Lipinski definition) is 3. The highest BCUT2D eigenvalue weighted by Crippen LogP contribution is 2.24. The van der Waals surface area contributed by atoms with Crippen molar-refractivity contribution >= 4 is 63.2 Å². The van der Waals surface area contributed by atoms with Crippen LogP contribution in [-0.4, -0.2) is 39.1 Å². The molecule has 0 unspecified atom stereocenters. The summed E-state index contributed by atoms with van der Waals surface area (Å²) in [6.45, 7) is 4.70. The van der Waals surface area contributed by atoms with Crippen molar-refractivity contribution in [2.75, 3.05) is 20.1 Å². The molecular weight excluding hydrogens is 548 g/mol. The van der Waals surface area contributed by atoms with Crippen LogP contribution < -0.4 is 15.4 Å². The van der Waals surface area contributed by atoms with Gasteiger partial charge < -0.3 is 15.2 Å². The number of aromatic nitrogens is 1. The lowest BCUT2D eigenvalue weighted by atomic mass is 10.2. The maximum Gasteiger partial charge on any atom is 0.240 e. The molecule has 162 valence electrons. The maximum atomic E-state index is 12.5. The highest BCUT2D eigenvalue weighted by atomic mass is 127. The van der Waals surface area contributed by atoms with Gasteiger partial charge in [-0.05, 0) is 37.1 Å². The van der Waals surface area contributed by atoms with E-state index < -0.39 is 10.0 Å². The molecule has 11 heteroatoms. The summed E-state index contributed by atoms with van der Waals surface area (Å²) in [4.78, 5) is 4.42. The predicted octanol–water partition coefficient (Wildman–Crippen LogP) is 3.21. The van der Waals surface area contributed by atoms with Crippen LogP contribution in [0.1, 0.15) is 16.8 Å². The number of sulfonamides is 1. The van der Waals surface area contributed by atoms with Crippen molar-refractivity contribution in [1.82, 2.24) is 19.9 Å². The van der Waals surface area contributed by atoms with E-state index in [1.165, 1.54) is 0 Å². The van der Waals surface area contributed by atoms with Gasteiger partial charge in [0, 0.05) is 32.9 Å². The first kappa shape index (κ1) is 26.0. The van der Waals surface area contributed by atoms with Gasteiger partial charge in [-0.15, -0.1) is 24.0 Å². The summed E-state index contributed by atoms with van der Waals surface area (Å²) in [5, 5.41) is 7.17. The van der Waals surface area contributed by atoms with Crippen LogP contribution in [0.15, 0.2) is 34.2 Å². The Labute approximate surface area is 199 Å². The molecule has 0 atom stereocenters. The van der Waals surface area contributed by atoms with Gasteiger partial charge in [0.2, 0.25) is 10.0 Å². The second-order valence-electron chi connectivity index (χ2n) is 6.35. The highest BCUT2D eigenvalue weighted by molar-refractivity contribution is 14.0. The Hall–Kier alpha value is -1.01. The van der Waals surface area contributed by atoms with Crippen LogP contribution in [0.4, 0.5) is 0 Å². The summed E-state index contributed by atoms with van der Waals surface area (Å²) in [5.74, 6) is 0.541. The van der Waals surface area contributed by atoms with E-state index in [0.29, 0.717) is 39.7 Å². The minimum absolute atomic E-state index is 0. The monoisotopic (exact) mass is 573 g/mol. The van der Waals surface area contributed by atoms with Crippen LogP contribution in [0.3, 0.4) is 0 Å². The molecule has 1 heterocycles. The van der Waals surface area contributed by atoms with Crippen molar-refractivity contribution in [3.63, 3.8) is 0 Å². The molecule has 0 bridgehead atoms. The molecule has 2 rings (SSSR count). The first-order valence-electron chi connectivity index (χ1n) is 8.66. The molecule has 2 aromatic rings. The zero-order valence-corrected chi connectivity index (χ0v) is 21.4. The van der Waals surface area contributed by atoms with Gasteiger partial charge in [0.25, 0.3) is 0 Å². The molecule has 0 aliphatic carbocycles. The van der Waals surface area contributed by atoms with E-state index >= 15 is 0 Å². The summed E-state index contributed by atoms with van der Waals surface area (Å²) >= 11 is 12.1. The van der Waals surface area contributed by atoms with Gasteiger partial charge in [-0.1, -0.05) is 35.3 Å². The number of aliphatic imine (C=N–C) groups is 1. The molecule has 0 aliphatic rings. The average molecular weight is 574 g/mol. The van der Waals surface area contributed by atoms with E-state index in [9.17, 15) is 8.42 Å². The number of nitrogens with one attached hydrogen (secondary N) is 3. The normalized spacial score (nSPS) is 11.9. The van der Waals surface area contributed by atoms with Crippen molar-refractivity contribution in [3.8, 4) is 0 Å². The average Bonchev–Trinajstić information content (AvgIpc) is 2.90. The van der Waals surface area contributed by atoms with Crippen molar-refractivity contribution in [1.29, 1.82) is 0 Å². The molecule has 0 saturated carbocycles. The largest absolute Gasteiger partial charge is 0.355 e. The molecule has 1 aromatic heterocycles. The molecule has 0 spiro atoms. The number of nitrogens with zero attached hydrogens (tertiary/aromatic N) is 2. The first-order chi connectivity index (χ1) is 13.2. The Morgan fingerprint density at radius 1 is 1.14 bits per heavy atom. The number of rotatable bonds is 7. The van der Waals surface area contributed by atoms with Crippen LogP contribution >= 0.6 is 47.2 Å². The molecule has 0 saturated heterocycles. The van der Waals surface area contributed by atoms with Crippen LogP contribution in [0, 0.1) is 13.8 Å². The minimum Gasteiger partial charge on any atom is -0.355 e. The molecule has 29 heavy (non-hydrogen) atoms. The number of benzene rings is 1. The van der Waals surface area contributed by atoms with Crippen molar-refractivity contribution in [2.45, 2.75) is 25.3 Å². The molecule has 0 fully saturated rings. The lowest BCUT2D eigenvalue weighted by molar-refractivity contribution is 0.579. The van der Waals surface area contributed by atoms with Crippen LogP contribution in [0.2, 0.25) is 10.2 Å². The minimum atomic E-state index is -3.56. The molecule has 3 N–H and O–H groups in total. The van der Waals surface area contributed by atoms with E-state index in [4.69, 9.17) is 23.2 Å². The molecule has 7 nitrogen and oxygen atoms in total. The SMILES string of the molecule is CN=C(NCCNS(=O)(=O)c1cc(C)ccc1C)NCc1cc(Cl)c(Cl)n1C.I. The lowest BCUT2D eigenvalue weighted by Gasteiger charge is -2.14. The lowest BCUT2D eigenvalue weighted by Crippen LogP contribution is -2.41. The Morgan fingerprint density at radius 3 is 2.41 bits per heavy atom. The Morgan fingerprint density at radius 2 is 1.83 bits per heavy atom. The van der Waals surface area contributed by atoms with Gasteiger partial charge >= 0.3 is 0 Å². The quantitative estimate of drug-likeness (QED) is 0.205. The zero-order chi connectivity index (χ0) is 20.9. The predicted molar refractivity (Wildman–Crippen MR) is 130 cm³/mol. The number of guanidine groups is 1. The fourth-order valence-electron chi connectivity index (χ4n) is 2.59. The standard InChI is InChI=1S/C18H25Cl2N5O2S.HI/c1-12-5-6-13(2)16(9-12)28(26,27)24-8-7-22-18(21-3)23-11-14-10-15(19)17(20)25(14)4;/h5-6,9-10,24H,7-8,11H2,1-4H3,(H2,21,22,23);1H. The number of aryl methyl sites for hydroxylation is 2. The van der Waals surface area contributed by atoms with Gasteiger partial charge in [0.15, 0.2) is 5.96 Å². The molecular formula is C18H26Cl2IN5O2S. The maximum absolute atomic E-state index is 12.5. The van der Waals surface area contributed by atoms with Gasteiger partial charge in [-0.2, -0.15) is 0 Å². The Kier molecular flexibility index (Phi) is 10.2. The van der Waals surface area contributed by atoms with E-state index in [-0.39, 0.29) is 30.5 Å². The van der Waals surface area contributed by atoms with Crippen molar-refractivity contribution in [2.24, 2.45) is 12.0 Å². The van der Waals surface area contributed by atoms with E-state index in [1.807, 2.05) is 20.0 Å². The van der Waals surface area contributed by atoms with Crippen LogP contribution in [-0.2, 0) is 23.6 Å². The van der Waals surface area contributed by atoms with E-state index in [2.05, 4.69) is 20.3 Å². The van der Waals surface area contributed by atoms with Gasteiger partial charge in [0.05, 0.1) is 16.5 Å². The number of hydrogen-bond acceptors (Lipinski definition) is 3. The van der Waals surface area contributed by atoms with Crippen LogP contribution in [0.25, 0.3) is 0 Å². The number of halogens is 3. The third-order valence-electron chi connectivity index (χ3n) is 4.22. The second-order valence-corrected chi connectivity index (χ2v) is 8.85. The van der Waals surface area contributed by atoms with Crippen molar-refractivity contribution < 1.29 is 8.42 Å². The Balaban J connectivity index is 0.00000420. The first-order valence-corrected chi connectivity index (χ1v) is 10.9. The molecule has 0 amide bonds. The highest BCUT2D eigenvalue weighted by Gasteiger charge is 2.16. The third-order valence-corrected chi connectivity index (χ3v) is 6.66. The second kappa shape index (κ2) is 11.4. The third kappa shape index (κ3) is 7.02. The zero-order valence-electron chi connectivity index (χ0n) is 16.7. The van der Waals surface area contributed by atoms with Gasteiger partial charge in [-0.25, -0.2) is 13.1 Å². The summed E-state index contributed by atoms with van der Waals surface area (Å²) < 4.78 is 29.4. The van der Waals surface area contributed by atoms with Crippen LogP contribution in [0.5, 0.6) is 0 Å². The summed E-state index contributed by atoms with van der Waals surface area (Å²) in [7, 11) is -0.102. The van der Waals surface area contributed by atoms with Crippen molar-refractivity contribution in [3.05, 3.63) is 51.3 Å². The summed E-state index contributed by atoms with van der Waals surface area (Å²) in [5.41, 5.74) is 2.51. The summed E-state index contributed by atoms with van der Waals surface area (Å²) in [6, 6.07) is 7.14. The fraction of sp³-hybridized carbons (Fsp3) is 0.389. The topological polar surface area (TPSA) is 87.5 Å². The molecule has 1 aromatic carbocycles. The van der Waals surface area contributed by atoms with E-state index in [1.54, 1.807) is 36.7 Å². The molecule has 0 aliphatic heterocycles. The summed E-state index contributed by atoms with van der Waals surface area (Å²) in [6.07, 6.45) is 0. The van der Waals surface area contributed by atoms with Gasteiger partial charge in [0.1, 0.15) is 5.15 Å². The smallest absolute Gasteiger partial charge is 0.240 e. The van der Waals surface area contributed by atoms with E-state index in [0.717, 1.165) is 11.3 Å². The Bertz CT molecular complexity index is 977.